The average Bonchev–Trinajstić information content (AvgIpc) is 2.62. The predicted molar refractivity (Wildman–Crippen MR) is 109 cm³/mol. The van der Waals surface area contributed by atoms with Gasteiger partial charge in [-0.2, -0.15) is 0 Å². The summed E-state index contributed by atoms with van der Waals surface area (Å²) in [4.78, 5) is 12.7. The second-order valence-corrected chi connectivity index (χ2v) is 8.73. The SMILES string of the molecule is CCC[C@@H](C)NC(=O)CN(c1cc(C)ccc1C)S(=O)(=O)c1ccccc1. The minimum atomic E-state index is -3.86. The Bertz CT molecular complexity index is 880. The number of nitrogens with zero attached hydrogens (tertiary/aromatic N) is 1. The molecule has 0 aliphatic heterocycles. The summed E-state index contributed by atoms with van der Waals surface area (Å²) in [6.07, 6.45) is 1.80. The number of hydrogen-bond donors (Lipinski definition) is 1. The van der Waals surface area contributed by atoms with Gasteiger partial charge in [0.15, 0.2) is 0 Å². The number of hydrogen-bond acceptors (Lipinski definition) is 3. The van der Waals surface area contributed by atoms with Crippen molar-refractivity contribution >= 4 is 21.6 Å². The van der Waals surface area contributed by atoms with Crippen molar-refractivity contribution in [1.29, 1.82) is 0 Å². The van der Waals surface area contributed by atoms with Gasteiger partial charge in [0.2, 0.25) is 5.91 Å². The highest BCUT2D eigenvalue weighted by Gasteiger charge is 2.28. The van der Waals surface area contributed by atoms with Gasteiger partial charge >= 0.3 is 0 Å². The van der Waals surface area contributed by atoms with Gasteiger partial charge in [0.05, 0.1) is 10.6 Å². The molecule has 2 aromatic carbocycles. The van der Waals surface area contributed by atoms with Crippen molar-refractivity contribution in [3.05, 3.63) is 59.7 Å². The molecule has 6 heteroatoms. The maximum Gasteiger partial charge on any atom is 0.264 e. The number of amides is 1. The lowest BCUT2D eigenvalue weighted by Crippen LogP contribution is -2.43. The molecule has 0 unspecified atom stereocenters. The van der Waals surface area contributed by atoms with Crippen LogP contribution in [0.2, 0.25) is 0 Å². The zero-order valence-electron chi connectivity index (χ0n) is 16.4. The van der Waals surface area contributed by atoms with Gasteiger partial charge in [-0.15, -0.1) is 0 Å². The van der Waals surface area contributed by atoms with Crippen LogP contribution in [0.15, 0.2) is 53.4 Å². The predicted octanol–water partition coefficient (Wildman–Crippen LogP) is 3.80. The van der Waals surface area contributed by atoms with Gasteiger partial charge in [-0.1, -0.05) is 43.7 Å². The van der Waals surface area contributed by atoms with Crippen molar-refractivity contribution in [2.45, 2.75) is 51.5 Å². The molecular formula is C21H28N2O3S. The largest absolute Gasteiger partial charge is 0.352 e. The first-order valence-electron chi connectivity index (χ1n) is 9.20. The van der Waals surface area contributed by atoms with E-state index in [4.69, 9.17) is 0 Å². The van der Waals surface area contributed by atoms with E-state index in [0.29, 0.717) is 5.69 Å². The van der Waals surface area contributed by atoms with E-state index in [0.717, 1.165) is 24.0 Å². The fraction of sp³-hybridized carbons (Fsp3) is 0.381. The summed E-state index contributed by atoms with van der Waals surface area (Å²) in [5.41, 5.74) is 2.26. The fourth-order valence-corrected chi connectivity index (χ4v) is 4.46. The Balaban J connectivity index is 2.43. The van der Waals surface area contributed by atoms with E-state index in [-0.39, 0.29) is 23.4 Å². The number of aryl methyl sites for hydroxylation is 2. The second-order valence-electron chi connectivity index (χ2n) is 6.87. The molecule has 1 N–H and O–H groups in total. The summed E-state index contributed by atoms with van der Waals surface area (Å²) in [6.45, 7) is 7.47. The molecule has 0 spiro atoms. The number of carbonyl (C=O) groups is 1. The number of nitrogens with one attached hydrogen (secondary N) is 1. The van der Waals surface area contributed by atoms with Crippen LogP contribution in [0.1, 0.15) is 37.8 Å². The lowest BCUT2D eigenvalue weighted by Gasteiger charge is -2.26. The summed E-state index contributed by atoms with van der Waals surface area (Å²) in [7, 11) is -3.86. The van der Waals surface area contributed by atoms with Crippen LogP contribution in [0.25, 0.3) is 0 Å². The Morgan fingerprint density at radius 3 is 2.41 bits per heavy atom. The first-order chi connectivity index (χ1) is 12.8. The standard InChI is InChI=1S/C21H28N2O3S/c1-5-9-18(4)22-21(24)15-23(20-14-16(2)12-13-17(20)3)27(25,26)19-10-7-6-8-11-19/h6-8,10-14,18H,5,9,15H2,1-4H3,(H,22,24)/t18-/m1/s1. The average molecular weight is 389 g/mol. The monoisotopic (exact) mass is 388 g/mol. The molecule has 1 atom stereocenters. The summed E-state index contributed by atoms with van der Waals surface area (Å²) < 4.78 is 27.8. The number of carbonyl (C=O) groups excluding carboxylic acids is 1. The first kappa shape index (κ1) is 21.0. The molecule has 0 saturated heterocycles. The number of anilines is 1. The highest BCUT2D eigenvalue weighted by atomic mass is 32.2. The van der Waals surface area contributed by atoms with Gasteiger partial charge in [-0.05, 0) is 56.5 Å². The Hall–Kier alpha value is -2.34. The number of sulfonamides is 1. The molecule has 0 aliphatic carbocycles. The molecule has 2 aromatic rings. The summed E-state index contributed by atoms with van der Waals surface area (Å²) in [5, 5.41) is 2.89. The van der Waals surface area contributed by atoms with Gasteiger partial charge < -0.3 is 5.32 Å². The number of rotatable bonds is 8. The topological polar surface area (TPSA) is 66.5 Å². The normalized spacial score (nSPS) is 12.4. The first-order valence-corrected chi connectivity index (χ1v) is 10.6. The van der Waals surface area contributed by atoms with Crippen LogP contribution in [0.4, 0.5) is 5.69 Å². The van der Waals surface area contributed by atoms with Gasteiger partial charge in [0.1, 0.15) is 6.54 Å². The maximum atomic E-state index is 13.3. The molecule has 0 saturated carbocycles. The molecule has 5 nitrogen and oxygen atoms in total. The molecule has 2 rings (SSSR count). The van der Waals surface area contributed by atoms with E-state index in [1.807, 2.05) is 39.8 Å². The highest BCUT2D eigenvalue weighted by Crippen LogP contribution is 2.27. The van der Waals surface area contributed by atoms with E-state index in [1.54, 1.807) is 36.4 Å². The van der Waals surface area contributed by atoms with Gasteiger partial charge in [0, 0.05) is 6.04 Å². The molecule has 0 aliphatic rings. The Kier molecular flexibility index (Phi) is 7.02. The van der Waals surface area contributed by atoms with Crippen LogP contribution in [0, 0.1) is 13.8 Å². The van der Waals surface area contributed by atoms with E-state index in [2.05, 4.69) is 5.32 Å². The molecule has 27 heavy (non-hydrogen) atoms. The van der Waals surface area contributed by atoms with E-state index < -0.39 is 10.0 Å². The molecule has 0 fully saturated rings. The van der Waals surface area contributed by atoms with Crippen molar-refractivity contribution in [3.63, 3.8) is 0 Å². The Morgan fingerprint density at radius 1 is 1.11 bits per heavy atom. The van der Waals surface area contributed by atoms with Crippen LogP contribution < -0.4 is 9.62 Å². The lowest BCUT2D eigenvalue weighted by molar-refractivity contribution is -0.120. The molecule has 0 radical (unpaired) electrons. The number of benzene rings is 2. The van der Waals surface area contributed by atoms with Crippen molar-refractivity contribution in [3.8, 4) is 0 Å². The van der Waals surface area contributed by atoms with Gasteiger partial charge in [-0.3, -0.25) is 9.10 Å². The zero-order valence-corrected chi connectivity index (χ0v) is 17.2. The third-order valence-electron chi connectivity index (χ3n) is 4.38. The Labute approximate surface area is 162 Å². The molecular weight excluding hydrogens is 360 g/mol. The van der Waals surface area contributed by atoms with Crippen LogP contribution in [0.3, 0.4) is 0 Å². The minimum Gasteiger partial charge on any atom is -0.352 e. The quantitative estimate of drug-likeness (QED) is 0.748. The van der Waals surface area contributed by atoms with Crippen LogP contribution in [-0.2, 0) is 14.8 Å². The van der Waals surface area contributed by atoms with Crippen LogP contribution in [0.5, 0.6) is 0 Å². The third-order valence-corrected chi connectivity index (χ3v) is 6.15. The van der Waals surface area contributed by atoms with E-state index >= 15 is 0 Å². The van der Waals surface area contributed by atoms with Crippen molar-refractivity contribution in [2.24, 2.45) is 0 Å². The van der Waals surface area contributed by atoms with Crippen LogP contribution in [-0.4, -0.2) is 26.9 Å². The van der Waals surface area contributed by atoms with Crippen molar-refractivity contribution in [2.75, 3.05) is 10.8 Å². The molecule has 0 bridgehead atoms. The zero-order chi connectivity index (χ0) is 20.0. The molecule has 0 aromatic heterocycles. The molecule has 0 heterocycles. The minimum absolute atomic E-state index is 0.00221. The van der Waals surface area contributed by atoms with Crippen molar-refractivity contribution in [1.82, 2.24) is 5.32 Å². The van der Waals surface area contributed by atoms with Crippen LogP contribution >= 0.6 is 0 Å². The summed E-state index contributed by atoms with van der Waals surface area (Å²) in [6, 6.07) is 13.8. The Morgan fingerprint density at radius 2 is 1.78 bits per heavy atom. The summed E-state index contributed by atoms with van der Waals surface area (Å²) in [5.74, 6) is -0.309. The molecule has 1 amide bonds. The molecule has 146 valence electrons. The summed E-state index contributed by atoms with van der Waals surface area (Å²) >= 11 is 0. The van der Waals surface area contributed by atoms with E-state index in [1.165, 1.54) is 4.31 Å². The third kappa shape index (κ3) is 5.32. The highest BCUT2D eigenvalue weighted by molar-refractivity contribution is 7.92. The van der Waals surface area contributed by atoms with Gasteiger partial charge in [-0.25, -0.2) is 8.42 Å². The smallest absolute Gasteiger partial charge is 0.264 e. The van der Waals surface area contributed by atoms with Gasteiger partial charge in [0.25, 0.3) is 10.0 Å². The van der Waals surface area contributed by atoms with Crippen molar-refractivity contribution < 1.29 is 13.2 Å². The second kappa shape index (κ2) is 9.04. The lowest BCUT2D eigenvalue weighted by atomic mass is 10.1. The maximum absolute atomic E-state index is 13.3. The fourth-order valence-electron chi connectivity index (χ4n) is 2.96. The van der Waals surface area contributed by atoms with E-state index in [9.17, 15) is 13.2 Å².